The molecule has 4 aromatic rings. The number of aliphatic hydroxyl groups excluding tert-OH is 2. The molecule has 2 atom stereocenters. The van der Waals surface area contributed by atoms with Gasteiger partial charge in [-0.25, -0.2) is 18.7 Å². The molecular formula is C24H21F2N5O3. The maximum Gasteiger partial charge on any atom is 0.252 e. The first-order valence-electron chi connectivity index (χ1n) is 10.4. The molecule has 34 heavy (non-hydrogen) atoms. The fraction of sp³-hybridized carbons (Fsp3) is 0.167. The van der Waals surface area contributed by atoms with Crippen molar-refractivity contribution in [2.45, 2.75) is 18.6 Å². The average molecular weight is 465 g/mol. The molecule has 4 rings (SSSR count). The smallest absolute Gasteiger partial charge is 0.252 e. The lowest BCUT2D eigenvalue weighted by Crippen LogP contribution is -2.46. The van der Waals surface area contributed by atoms with Crippen LogP contribution in [0.25, 0.3) is 22.5 Å². The lowest BCUT2D eigenvalue weighted by Gasteiger charge is -2.22. The number of hydrogen-bond acceptors (Lipinski definition) is 6. The van der Waals surface area contributed by atoms with Gasteiger partial charge in [-0.15, -0.1) is 0 Å². The van der Waals surface area contributed by atoms with E-state index in [1.165, 1.54) is 42.7 Å². The number of carbonyl (C=O) groups is 1. The van der Waals surface area contributed by atoms with Crippen LogP contribution in [0.4, 0.5) is 8.78 Å². The van der Waals surface area contributed by atoms with E-state index in [0.717, 1.165) is 0 Å². The normalized spacial score (nSPS) is 12.8. The molecule has 174 valence electrons. The largest absolute Gasteiger partial charge is 0.394 e. The van der Waals surface area contributed by atoms with Crippen molar-refractivity contribution in [2.75, 3.05) is 6.61 Å². The van der Waals surface area contributed by atoms with Crippen molar-refractivity contribution in [3.63, 3.8) is 0 Å². The standard InChI is InChI=1S/C24H21F2N5O3/c25-15-7-5-14(6-8-15)18-11-20(31-30-18)23-16(3-1-4-17(23)26)24(34)29-19(21(33)13-32)12-22-27-9-2-10-28-22/h1-11,19,21,32-33H,12-13H2,(H,29,34)(H,30,31)/t19-,21+/m1/s1. The molecule has 0 saturated carbocycles. The van der Waals surface area contributed by atoms with Gasteiger partial charge in [-0.1, -0.05) is 6.07 Å². The summed E-state index contributed by atoms with van der Waals surface area (Å²) in [5.41, 5.74) is 1.27. The van der Waals surface area contributed by atoms with E-state index in [1.807, 2.05) is 0 Å². The molecule has 0 spiro atoms. The summed E-state index contributed by atoms with van der Waals surface area (Å²) in [6.07, 6.45) is 1.80. The fourth-order valence-electron chi connectivity index (χ4n) is 3.49. The highest BCUT2D eigenvalue weighted by molar-refractivity contribution is 6.01. The third-order valence-electron chi connectivity index (χ3n) is 5.24. The van der Waals surface area contributed by atoms with Crippen molar-refractivity contribution >= 4 is 5.91 Å². The van der Waals surface area contributed by atoms with Crippen LogP contribution in [0.2, 0.25) is 0 Å². The van der Waals surface area contributed by atoms with Crippen LogP contribution < -0.4 is 5.32 Å². The highest BCUT2D eigenvalue weighted by Gasteiger charge is 2.26. The Kier molecular flexibility index (Phi) is 7.00. The Morgan fingerprint density at radius 2 is 1.79 bits per heavy atom. The first-order chi connectivity index (χ1) is 16.5. The Bertz CT molecular complexity index is 1270. The van der Waals surface area contributed by atoms with E-state index in [4.69, 9.17) is 0 Å². The number of H-pyrrole nitrogens is 1. The number of aromatic amines is 1. The van der Waals surface area contributed by atoms with Gasteiger partial charge in [0.1, 0.15) is 17.5 Å². The summed E-state index contributed by atoms with van der Waals surface area (Å²) in [7, 11) is 0. The monoisotopic (exact) mass is 465 g/mol. The average Bonchev–Trinajstić information content (AvgIpc) is 3.33. The van der Waals surface area contributed by atoms with Crippen LogP contribution >= 0.6 is 0 Å². The van der Waals surface area contributed by atoms with Crippen molar-refractivity contribution in [3.05, 3.63) is 90.0 Å². The summed E-state index contributed by atoms with van der Waals surface area (Å²) in [6.45, 7) is -0.603. The zero-order valence-electron chi connectivity index (χ0n) is 17.8. The molecule has 0 aliphatic heterocycles. The second kappa shape index (κ2) is 10.3. The minimum absolute atomic E-state index is 0.0127. The predicted molar refractivity (Wildman–Crippen MR) is 119 cm³/mol. The molecule has 10 heteroatoms. The Balaban J connectivity index is 1.63. The van der Waals surface area contributed by atoms with Crippen LogP contribution in [0, 0.1) is 11.6 Å². The van der Waals surface area contributed by atoms with Gasteiger partial charge >= 0.3 is 0 Å². The highest BCUT2D eigenvalue weighted by Crippen LogP contribution is 2.29. The molecule has 1 amide bonds. The minimum Gasteiger partial charge on any atom is -0.394 e. The Morgan fingerprint density at radius 1 is 1.06 bits per heavy atom. The van der Waals surface area contributed by atoms with Crippen molar-refractivity contribution in [2.24, 2.45) is 0 Å². The lowest BCUT2D eigenvalue weighted by atomic mass is 10.0. The third-order valence-corrected chi connectivity index (χ3v) is 5.24. The van der Waals surface area contributed by atoms with Gasteiger partial charge in [-0.2, -0.15) is 5.10 Å². The Hall–Kier alpha value is -4.02. The van der Waals surface area contributed by atoms with Crippen molar-refractivity contribution in [3.8, 4) is 22.5 Å². The Morgan fingerprint density at radius 3 is 2.50 bits per heavy atom. The van der Waals surface area contributed by atoms with Crippen molar-refractivity contribution < 1.29 is 23.8 Å². The quantitative estimate of drug-likeness (QED) is 0.317. The zero-order chi connectivity index (χ0) is 24.1. The second-order valence-electron chi connectivity index (χ2n) is 7.54. The summed E-state index contributed by atoms with van der Waals surface area (Å²) in [4.78, 5) is 21.3. The van der Waals surface area contributed by atoms with Crippen LogP contribution in [-0.4, -0.2) is 55.0 Å². The van der Waals surface area contributed by atoms with Gasteiger partial charge in [0.2, 0.25) is 0 Å². The van der Waals surface area contributed by atoms with E-state index >= 15 is 0 Å². The summed E-state index contributed by atoms with van der Waals surface area (Å²) in [6, 6.07) is 12.0. The Labute approximate surface area is 193 Å². The number of nitrogens with one attached hydrogen (secondary N) is 2. The number of halogens is 2. The number of aromatic nitrogens is 4. The fourth-order valence-corrected chi connectivity index (χ4v) is 3.49. The van der Waals surface area contributed by atoms with Crippen LogP contribution in [0.15, 0.2) is 67.0 Å². The second-order valence-corrected chi connectivity index (χ2v) is 7.54. The van der Waals surface area contributed by atoms with Gasteiger partial charge < -0.3 is 15.5 Å². The van der Waals surface area contributed by atoms with Gasteiger partial charge in [-0.05, 0) is 54.1 Å². The van der Waals surface area contributed by atoms with Crippen LogP contribution in [0.5, 0.6) is 0 Å². The molecule has 2 heterocycles. The first kappa shape index (κ1) is 23.1. The maximum atomic E-state index is 14.9. The van der Waals surface area contributed by atoms with Crippen molar-refractivity contribution in [1.82, 2.24) is 25.5 Å². The summed E-state index contributed by atoms with van der Waals surface area (Å²) in [5.74, 6) is -1.38. The number of hydrogen-bond donors (Lipinski definition) is 4. The first-order valence-corrected chi connectivity index (χ1v) is 10.4. The van der Waals surface area contributed by atoms with Crippen LogP contribution in [0.3, 0.4) is 0 Å². The molecule has 0 fully saturated rings. The topological polar surface area (TPSA) is 124 Å². The molecule has 4 N–H and O–H groups in total. The molecular weight excluding hydrogens is 444 g/mol. The minimum atomic E-state index is -1.29. The molecule has 0 bridgehead atoms. The number of amides is 1. The third kappa shape index (κ3) is 5.13. The zero-order valence-corrected chi connectivity index (χ0v) is 17.8. The predicted octanol–water partition coefficient (Wildman–Crippen LogP) is 2.51. The van der Waals surface area contributed by atoms with Gasteiger partial charge in [0, 0.05) is 18.8 Å². The number of carbonyl (C=O) groups excluding carboxylic acids is 1. The van der Waals surface area contributed by atoms with Crippen LogP contribution in [0.1, 0.15) is 16.2 Å². The van der Waals surface area contributed by atoms with Gasteiger partial charge in [0.25, 0.3) is 5.91 Å². The summed E-state index contributed by atoms with van der Waals surface area (Å²) in [5, 5.41) is 29.2. The van der Waals surface area contributed by atoms with E-state index in [-0.39, 0.29) is 23.2 Å². The van der Waals surface area contributed by atoms with E-state index in [2.05, 4.69) is 25.5 Å². The molecule has 2 aromatic heterocycles. The molecule has 2 aromatic carbocycles. The molecule has 0 radical (unpaired) electrons. The molecule has 0 saturated heterocycles. The molecule has 0 aliphatic rings. The van der Waals surface area contributed by atoms with Crippen molar-refractivity contribution in [1.29, 1.82) is 0 Å². The van der Waals surface area contributed by atoms with E-state index in [9.17, 15) is 23.8 Å². The van der Waals surface area contributed by atoms with E-state index in [1.54, 1.807) is 24.3 Å². The van der Waals surface area contributed by atoms with Gasteiger partial charge in [0.05, 0.1) is 41.3 Å². The SMILES string of the molecule is O=C(N[C@H](Cc1ncccn1)[C@@H](O)CO)c1cccc(F)c1-c1cc(-c2ccc(F)cc2)[nH]n1. The van der Waals surface area contributed by atoms with Gasteiger partial charge in [-0.3, -0.25) is 9.89 Å². The van der Waals surface area contributed by atoms with E-state index in [0.29, 0.717) is 17.1 Å². The number of aliphatic hydroxyl groups is 2. The molecule has 8 nitrogen and oxygen atoms in total. The number of benzene rings is 2. The van der Waals surface area contributed by atoms with E-state index < -0.39 is 36.3 Å². The number of rotatable bonds is 8. The maximum absolute atomic E-state index is 14.9. The lowest BCUT2D eigenvalue weighted by molar-refractivity contribution is 0.0562. The molecule has 0 unspecified atom stereocenters. The summed E-state index contributed by atoms with van der Waals surface area (Å²) >= 11 is 0. The highest BCUT2D eigenvalue weighted by atomic mass is 19.1. The number of nitrogens with zero attached hydrogens (tertiary/aromatic N) is 3. The van der Waals surface area contributed by atoms with Crippen LogP contribution in [-0.2, 0) is 6.42 Å². The molecule has 0 aliphatic carbocycles. The van der Waals surface area contributed by atoms with Gasteiger partial charge in [0.15, 0.2) is 0 Å². The summed E-state index contributed by atoms with van der Waals surface area (Å²) < 4.78 is 28.1.